The van der Waals surface area contributed by atoms with Gasteiger partial charge in [0.2, 0.25) is 0 Å². The molecule has 1 saturated carbocycles. The SMILES string of the molecule is COC(=O)c1ccc(NC(=O)N/C=C(\C)C2CC2)cc1. The Balaban J connectivity index is 1.87. The molecule has 0 saturated heterocycles. The van der Waals surface area contributed by atoms with Crippen LogP contribution < -0.4 is 10.6 Å². The van der Waals surface area contributed by atoms with Crippen molar-refractivity contribution >= 4 is 17.7 Å². The van der Waals surface area contributed by atoms with Crippen molar-refractivity contribution in [3.63, 3.8) is 0 Å². The van der Waals surface area contributed by atoms with E-state index in [4.69, 9.17) is 0 Å². The van der Waals surface area contributed by atoms with Gasteiger partial charge in [-0.25, -0.2) is 9.59 Å². The number of hydrogen-bond donors (Lipinski definition) is 2. The summed E-state index contributed by atoms with van der Waals surface area (Å²) in [7, 11) is 1.33. The number of methoxy groups -OCH3 is 1. The zero-order valence-electron chi connectivity index (χ0n) is 11.6. The van der Waals surface area contributed by atoms with Gasteiger partial charge in [0, 0.05) is 11.9 Å². The fourth-order valence-electron chi connectivity index (χ4n) is 1.81. The van der Waals surface area contributed by atoms with E-state index in [1.54, 1.807) is 30.5 Å². The quantitative estimate of drug-likeness (QED) is 0.829. The molecule has 0 radical (unpaired) electrons. The number of amides is 2. The highest BCUT2D eigenvalue weighted by molar-refractivity contribution is 5.92. The number of rotatable bonds is 4. The van der Waals surface area contributed by atoms with E-state index in [9.17, 15) is 9.59 Å². The van der Waals surface area contributed by atoms with Gasteiger partial charge in [-0.1, -0.05) is 5.57 Å². The van der Waals surface area contributed by atoms with Crippen LogP contribution in [0.1, 0.15) is 30.1 Å². The van der Waals surface area contributed by atoms with Crippen molar-refractivity contribution in [1.29, 1.82) is 0 Å². The number of ether oxygens (including phenoxy) is 1. The molecule has 1 aliphatic rings. The molecule has 1 aromatic carbocycles. The van der Waals surface area contributed by atoms with Crippen LogP contribution >= 0.6 is 0 Å². The maximum atomic E-state index is 11.7. The van der Waals surface area contributed by atoms with E-state index in [0.29, 0.717) is 17.2 Å². The second-order valence-electron chi connectivity index (χ2n) is 4.83. The standard InChI is InChI=1S/C15H18N2O3/c1-10(11-3-4-11)9-16-15(19)17-13-7-5-12(6-8-13)14(18)20-2/h5-9,11H,3-4H2,1-2H3,(H2,16,17,19)/b10-9+. The van der Waals surface area contributed by atoms with E-state index in [1.165, 1.54) is 25.5 Å². The lowest BCUT2D eigenvalue weighted by molar-refractivity contribution is 0.0601. The molecule has 2 N–H and O–H groups in total. The Kier molecular flexibility index (Phi) is 4.40. The summed E-state index contributed by atoms with van der Waals surface area (Å²) in [5.41, 5.74) is 2.26. The van der Waals surface area contributed by atoms with Crippen molar-refractivity contribution in [3.05, 3.63) is 41.6 Å². The van der Waals surface area contributed by atoms with E-state index >= 15 is 0 Å². The number of urea groups is 1. The predicted octanol–water partition coefficient (Wildman–Crippen LogP) is 2.91. The number of carbonyl (C=O) groups is 2. The Morgan fingerprint density at radius 1 is 1.25 bits per heavy atom. The number of benzene rings is 1. The minimum atomic E-state index is -0.399. The summed E-state index contributed by atoms with van der Waals surface area (Å²) in [6.07, 6.45) is 4.16. The lowest BCUT2D eigenvalue weighted by Crippen LogP contribution is -2.24. The molecule has 0 atom stereocenters. The number of carbonyl (C=O) groups excluding carboxylic acids is 2. The third-order valence-corrected chi connectivity index (χ3v) is 3.22. The summed E-state index contributed by atoms with van der Waals surface area (Å²) in [6, 6.07) is 6.22. The van der Waals surface area contributed by atoms with Crippen molar-refractivity contribution in [2.75, 3.05) is 12.4 Å². The Bertz CT molecular complexity index is 531. The molecule has 20 heavy (non-hydrogen) atoms. The van der Waals surface area contributed by atoms with Crippen LogP contribution in [0, 0.1) is 5.92 Å². The minimum absolute atomic E-state index is 0.296. The van der Waals surface area contributed by atoms with Gasteiger partial charge in [-0.2, -0.15) is 0 Å². The molecule has 0 unspecified atom stereocenters. The summed E-state index contributed by atoms with van der Waals surface area (Å²) in [5, 5.41) is 5.39. The van der Waals surface area contributed by atoms with Gasteiger partial charge in [-0.3, -0.25) is 0 Å². The molecule has 0 heterocycles. The molecule has 1 aromatic rings. The van der Waals surface area contributed by atoms with Crippen molar-refractivity contribution in [2.45, 2.75) is 19.8 Å². The number of esters is 1. The first-order chi connectivity index (χ1) is 9.60. The third-order valence-electron chi connectivity index (χ3n) is 3.22. The van der Waals surface area contributed by atoms with Gasteiger partial charge in [0.15, 0.2) is 0 Å². The largest absolute Gasteiger partial charge is 0.465 e. The van der Waals surface area contributed by atoms with Gasteiger partial charge in [-0.15, -0.1) is 0 Å². The first-order valence-electron chi connectivity index (χ1n) is 6.52. The highest BCUT2D eigenvalue weighted by Gasteiger charge is 2.22. The number of anilines is 1. The van der Waals surface area contributed by atoms with Crippen molar-refractivity contribution in [1.82, 2.24) is 5.32 Å². The molecular weight excluding hydrogens is 256 g/mol. The number of hydrogen-bond acceptors (Lipinski definition) is 3. The molecule has 5 nitrogen and oxygen atoms in total. The highest BCUT2D eigenvalue weighted by Crippen LogP contribution is 2.35. The van der Waals surface area contributed by atoms with Crippen LogP contribution in [0.2, 0.25) is 0 Å². The highest BCUT2D eigenvalue weighted by atomic mass is 16.5. The maximum absolute atomic E-state index is 11.7. The van der Waals surface area contributed by atoms with Crippen LogP contribution in [0.3, 0.4) is 0 Å². The van der Waals surface area contributed by atoms with Crippen LogP contribution in [-0.4, -0.2) is 19.1 Å². The van der Waals surface area contributed by atoms with Crippen LogP contribution in [0.4, 0.5) is 10.5 Å². The monoisotopic (exact) mass is 274 g/mol. The normalized spacial score (nSPS) is 14.6. The molecule has 0 aliphatic heterocycles. The van der Waals surface area contributed by atoms with E-state index < -0.39 is 5.97 Å². The van der Waals surface area contributed by atoms with Crippen LogP contribution in [0.5, 0.6) is 0 Å². The molecule has 1 fully saturated rings. The Morgan fingerprint density at radius 2 is 1.90 bits per heavy atom. The molecular formula is C15H18N2O3. The number of allylic oxidation sites excluding steroid dienone is 1. The molecule has 0 bridgehead atoms. The zero-order chi connectivity index (χ0) is 14.5. The second kappa shape index (κ2) is 6.23. The molecule has 0 spiro atoms. The predicted molar refractivity (Wildman–Crippen MR) is 76.4 cm³/mol. The van der Waals surface area contributed by atoms with Gasteiger partial charge in [-0.05, 0) is 49.9 Å². The van der Waals surface area contributed by atoms with Gasteiger partial charge < -0.3 is 15.4 Å². The summed E-state index contributed by atoms with van der Waals surface area (Å²) in [5.74, 6) is 0.235. The van der Waals surface area contributed by atoms with E-state index in [-0.39, 0.29) is 6.03 Å². The third kappa shape index (κ3) is 3.85. The minimum Gasteiger partial charge on any atom is -0.465 e. The molecule has 5 heteroatoms. The van der Waals surface area contributed by atoms with E-state index in [0.717, 1.165) is 0 Å². The molecule has 2 rings (SSSR count). The lowest BCUT2D eigenvalue weighted by Gasteiger charge is -2.06. The first kappa shape index (κ1) is 14.1. The fourth-order valence-corrected chi connectivity index (χ4v) is 1.81. The smallest absolute Gasteiger partial charge is 0.337 e. The Hall–Kier alpha value is -2.30. The second-order valence-corrected chi connectivity index (χ2v) is 4.83. The Labute approximate surface area is 118 Å². The Morgan fingerprint density at radius 3 is 2.45 bits per heavy atom. The topological polar surface area (TPSA) is 67.4 Å². The maximum Gasteiger partial charge on any atom is 0.337 e. The number of nitrogens with one attached hydrogen (secondary N) is 2. The van der Waals surface area contributed by atoms with E-state index in [1.807, 2.05) is 6.92 Å². The van der Waals surface area contributed by atoms with Crippen LogP contribution in [-0.2, 0) is 4.74 Å². The van der Waals surface area contributed by atoms with Gasteiger partial charge in [0.25, 0.3) is 0 Å². The summed E-state index contributed by atoms with van der Waals surface area (Å²) in [6.45, 7) is 2.02. The molecule has 2 amide bonds. The van der Waals surface area contributed by atoms with Crippen LogP contribution in [0.25, 0.3) is 0 Å². The van der Waals surface area contributed by atoms with Crippen LogP contribution in [0.15, 0.2) is 36.0 Å². The summed E-state index contributed by atoms with van der Waals surface area (Å²) in [4.78, 5) is 22.9. The van der Waals surface area contributed by atoms with Crippen molar-refractivity contribution in [2.24, 2.45) is 5.92 Å². The van der Waals surface area contributed by atoms with Gasteiger partial charge in [0.05, 0.1) is 12.7 Å². The molecule has 1 aliphatic carbocycles. The lowest BCUT2D eigenvalue weighted by atomic mass is 10.2. The van der Waals surface area contributed by atoms with Crippen molar-refractivity contribution < 1.29 is 14.3 Å². The zero-order valence-corrected chi connectivity index (χ0v) is 11.6. The summed E-state index contributed by atoms with van der Waals surface area (Å²) < 4.78 is 4.60. The van der Waals surface area contributed by atoms with Gasteiger partial charge >= 0.3 is 12.0 Å². The van der Waals surface area contributed by atoms with E-state index in [2.05, 4.69) is 15.4 Å². The van der Waals surface area contributed by atoms with Gasteiger partial charge in [0.1, 0.15) is 0 Å². The first-order valence-corrected chi connectivity index (χ1v) is 6.52. The van der Waals surface area contributed by atoms with Crippen molar-refractivity contribution in [3.8, 4) is 0 Å². The fraction of sp³-hybridized carbons (Fsp3) is 0.333. The molecule has 106 valence electrons. The average molecular weight is 274 g/mol. The summed E-state index contributed by atoms with van der Waals surface area (Å²) >= 11 is 0. The molecule has 0 aromatic heterocycles. The average Bonchev–Trinajstić information content (AvgIpc) is 3.29.